The van der Waals surface area contributed by atoms with Crippen LogP contribution in [0.4, 0.5) is 10.1 Å². The number of hydrogen-bond acceptors (Lipinski definition) is 5. The zero-order chi connectivity index (χ0) is 18.8. The van der Waals surface area contributed by atoms with Gasteiger partial charge in [-0.3, -0.25) is 14.4 Å². The highest BCUT2D eigenvalue weighted by atomic mass is 32.2. The number of carbonyl (C=O) groups is 3. The first-order valence-corrected chi connectivity index (χ1v) is 8.64. The van der Waals surface area contributed by atoms with Crippen LogP contribution in [0.2, 0.25) is 0 Å². The normalized spacial score (nSPS) is 12.6. The third-order valence-corrected chi connectivity index (χ3v) is 4.13. The smallest absolute Gasteiger partial charge is 0.319 e. The monoisotopic (exact) mass is 368 g/mol. The molecule has 1 aromatic rings. The van der Waals surface area contributed by atoms with E-state index in [4.69, 9.17) is 4.74 Å². The molecule has 0 unspecified atom stereocenters. The van der Waals surface area contributed by atoms with Gasteiger partial charge in [0.2, 0.25) is 5.91 Å². The fraction of sp³-hybridized carbons (Fsp3) is 0.353. The lowest BCUT2D eigenvalue weighted by molar-refractivity contribution is -0.153. The van der Waals surface area contributed by atoms with Crippen LogP contribution in [0.15, 0.2) is 36.9 Å². The highest BCUT2D eigenvalue weighted by Gasteiger charge is 2.22. The Morgan fingerprint density at radius 1 is 1.28 bits per heavy atom. The summed E-state index contributed by atoms with van der Waals surface area (Å²) in [5.41, 5.74) is 0.467. The number of anilines is 1. The molecule has 2 atom stereocenters. The average Bonchev–Trinajstić information content (AvgIpc) is 2.59. The van der Waals surface area contributed by atoms with Crippen LogP contribution >= 0.6 is 11.8 Å². The number of benzene rings is 1. The summed E-state index contributed by atoms with van der Waals surface area (Å²) in [6.45, 7) is 6.82. The lowest BCUT2D eigenvalue weighted by atomic mass is 10.3. The maximum atomic E-state index is 12.8. The molecule has 1 aromatic carbocycles. The molecule has 0 aromatic heterocycles. The second-order valence-corrected chi connectivity index (χ2v) is 6.45. The molecule has 0 bridgehead atoms. The highest BCUT2D eigenvalue weighted by Crippen LogP contribution is 2.15. The van der Waals surface area contributed by atoms with Crippen molar-refractivity contribution in [2.75, 3.05) is 17.6 Å². The molecular weight excluding hydrogens is 347 g/mol. The molecule has 0 spiro atoms. The Morgan fingerprint density at radius 3 is 2.52 bits per heavy atom. The van der Waals surface area contributed by atoms with Crippen LogP contribution in [-0.2, 0) is 19.1 Å². The Bertz CT molecular complexity index is 622. The van der Waals surface area contributed by atoms with Crippen molar-refractivity contribution in [3.63, 3.8) is 0 Å². The Balaban J connectivity index is 2.36. The molecule has 25 heavy (non-hydrogen) atoms. The quantitative estimate of drug-likeness (QED) is 0.515. The van der Waals surface area contributed by atoms with E-state index in [1.807, 2.05) is 0 Å². The molecule has 8 heteroatoms. The SMILES string of the molecule is C=CCNC(=O)[C@H](C)OC(=O)[C@H](C)SCC(=O)Nc1ccc(F)cc1. The van der Waals surface area contributed by atoms with Gasteiger partial charge in [-0.25, -0.2) is 4.39 Å². The lowest BCUT2D eigenvalue weighted by Crippen LogP contribution is -2.37. The Kier molecular flexibility index (Phi) is 8.69. The van der Waals surface area contributed by atoms with Crippen molar-refractivity contribution in [1.82, 2.24) is 5.32 Å². The molecule has 0 aliphatic rings. The van der Waals surface area contributed by atoms with Crippen LogP contribution in [0.1, 0.15) is 13.8 Å². The number of hydrogen-bond donors (Lipinski definition) is 2. The van der Waals surface area contributed by atoms with E-state index in [-0.39, 0.29) is 18.2 Å². The van der Waals surface area contributed by atoms with Crippen molar-refractivity contribution in [1.29, 1.82) is 0 Å². The minimum Gasteiger partial charge on any atom is -0.452 e. The number of amides is 2. The summed E-state index contributed by atoms with van der Waals surface area (Å²) < 4.78 is 17.9. The molecule has 136 valence electrons. The van der Waals surface area contributed by atoms with Crippen LogP contribution in [-0.4, -0.2) is 41.4 Å². The van der Waals surface area contributed by atoms with Crippen molar-refractivity contribution in [2.24, 2.45) is 0 Å². The zero-order valence-electron chi connectivity index (χ0n) is 14.1. The van der Waals surface area contributed by atoms with Crippen molar-refractivity contribution < 1.29 is 23.5 Å². The molecule has 6 nitrogen and oxygen atoms in total. The molecule has 0 aliphatic carbocycles. The first-order valence-electron chi connectivity index (χ1n) is 7.59. The molecular formula is C17H21FN2O4S. The maximum absolute atomic E-state index is 12.8. The largest absolute Gasteiger partial charge is 0.452 e. The van der Waals surface area contributed by atoms with E-state index < -0.39 is 29.0 Å². The molecule has 0 fully saturated rings. The fourth-order valence-corrected chi connectivity index (χ4v) is 2.30. The zero-order valence-corrected chi connectivity index (χ0v) is 14.9. The van der Waals surface area contributed by atoms with E-state index >= 15 is 0 Å². The van der Waals surface area contributed by atoms with Gasteiger partial charge in [-0.15, -0.1) is 18.3 Å². The average molecular weight is 368 g/mol. The van der Waals surface area contributed by atoms with Gasteiger partial charge >= 0.3 is 5.97 Å². The van der Waals surface area contributed by atoms with E-state index in [1.165, 1.54) is 37.3 Å². The molecule has 1 rings (SSSR count). The van der Waals surface area contributed by atoms with Gasteiger partial charge in [0.05, 0.1) is 5.75 Å². The van der Waals surface area contributed by atoms with Gasteiger partial charge in [0.1, 0.15) is 11.1 Å². The Hall–Kier alpha value is -2.35. The number of nitrogens with one attached hydrogen (secondary N) is 2. The highest BCUT2D eigenvalue weighted by molar-refractivity contribution is 8.01. The van der Waals surface area contributed by atoms with Gasteiger partial charge in [0, 0.05) is 12.2 Å². The summed E-state index contributed by atoms with van der Waals surface area (Å²) in [5, 5.41) is 4.50. The first kappa shape index (κ1) is 20.7. The third kappa shape index (κ3) is 7.84. The van der Waals surface area contributed by atoms with Gasteiger partial charge in [0.25, 0.3) is 5.91 Å². The summed E-state index contributed by atoms with van der Waals surface area (Å²) in [7, 11) is 0. The van der Waals surface area contributed by atoms with E-state index in [9.17, 15) is 18.8 Å². The second kappa shape index (κ2) is 10.5. The topological polar surface area (TPSA) is 84.5 Å². The fourth-order valence-electron chi connectivity index (χ4n) is 1.64. The van der Waals surface area contributed by atoms with E-state index in [0.29, 0.717) is 5.69 Å². The minimum absolute atomic E-state index is 0.0185. The van der Waals surface area contributed by atoms with Gasteiger partial charge in [-0.05, 0) is 38.1 Å². The Labute approximate surface area is 150 Å². The van der Waals surface area contributed by atoms with Crippen LogP contribution in [0.25, 0.3) is 0 Å². The van der Waals surface area contributed by atoms with Gasteiger partial charge in [-0.1, -0.05) is 6.08 Å². The first-order chi connectivity index (χ1) is 11.8. The van der Waals surface area contributed by atoms with Crippen LogP contribution in [0.3, 0.4) is 0 Å². The van der Waals surface area contributed by atoms with Crippen molar-refractivity contribution in [3.8, 4) is 0 Å². The Morgan fingerprint density at radius 2 is 1.92 bits per heavy atom. The van der Waals surface area contributed by atoms with Crippen molar-refractivity contribution in [3.05, 3.63) is 42.7 Å². The van der Waals surface area contributed by atoms with E-state index in [1.54, 1.807) is 6.92 Å². The third-order valence-electron chi connectivity index (χ3n) is 3.01. The maximum Gasteiger partial charge on any atom is 0.319 e. The molecule has 0 saturated carbocycles. The summed E-state index contributed by atoms with van der Waals surface area (Å²) in [6, 6.07) is 5.36. The number of ether oxygens (including phenoxy) is 1. The summed E-state index contributed by atoms with van der Waals surface area (Å²) >= 11 is 1.08. The minimum atomic E-state index is -0.927. The number of rotatable bonds is 9. The van der Waals surface area contributed by atoms with Crippen LogP contribution in [0.5, 0.6) is 0 Å². The number of esters is 1. The van der Waals surface area contributed by atoms with Crippen LogP contribution in [0, 0.1) is 5.82 Å². The van der Waals surface area contributed by atoms with Gasteiger partial charge in [0.15, 0.2) is 6.10 Å². The number of carbonyl (C=O) groups excluding carboxylic acids is 3. The summed E-state index contributed by atoms with van der Waals surface area (Å²) in [6.07, 6.45) is 0.591. The van der Waals surface area contributed by atoms with Crippen LogP contribution < -0.4 is 10.6 Å². The van der Waals surface area contributed by atoms with E-state index in [0.717, 1.165) is 11.8 Å². The number of halogens is 1. The molecule has 0 aliphatic heterocycles. The molecule has 2 N–H and O–H groups in total. The van der Waals surface area contributed by atoms with Gasteiger partial charge in [-0.2, -0.15) is 0 Å². The predicted octanol–water partition coefficient (Wildman–Crippen LogP) is 2.12. The number of thioether (sulfide) groups is 1. The molecule has 0 radical (unpaired) electrons. The lowest BCUT2D eigenvalue weighted by Gasteiger charge is -2.16. The summed E-state index contributed by atoms with van der Waals surface area (Å²) in [4.78, 5) is 35.4. The standard InChI is InChI=1S/C17H21FN2O4S/c1-4-9-19-16(22)11(2)24-17(23)12(3)25-10-15(21)20-14-7-5-13(18)6-8-14/h4-8,11-12H,1,9-10H2,2-3H3,(H,19,22)(H,20,21)/t11-,12-/m0/s1. The molecule has 0 heterocycles. The predicted molar refractivity (Wildman–Crippen MR) is 95.7 cm³/mol. The van der Waals surface area contributed by atoms with Crippen molar-refractivity contribution >= 4 is 35.2 Å². The van der Waals surface area contributed by atoms with Crippen molar-refractivity contribution in [2.45, 2.75) is 25.2 Å². The van der Waals surface area contributed by atoms with Gasteiger partial charge < -0.3 is 15.4 Å². The second-order valence-electron chi connectivity index (χ2n) is 5.12. The molecule has 0 saturated heterocycles. The van der Waals surface area contributed by atoms with E-state index in [2.05, 4.69) is 17.2 Å². The summed E-state index contributed by atoms with van der Waals surface area (Å²) in [5.74, 6) is -1.70. The molecule has 2 amide bonds.